The van der Waals surface area contributed by atoms with Crippen molar-refractivity contribution in [3.63, 3.8) is 0 Å². The van der Waals surface area contributed by atoms with E-state index in [-0.39, 0.29) is 12.4 Å². The van der Waals surface area contributed by atoms with E-state index in [4.69, 9.17) is 10.8 Å². The van der Waals surface area contributed by atoms with Crippen LogP contribution < -0.4 is 5.73 Å². The molecule has 0 saturated heterocycles. The van der Waals surface area contributed by atoms with Gasteiger partial charge in [0.05, 0.1) is 0 Å². The molecule has 0 aromatic heterocycles. The van der Waals surface area contributed by atoms with Crippen molar-refractivity contribution in [3.05, 3.63) is 0 Å². The van der Waals surface area contributed by atoms with Gasteiger partial charge >= 0.3 is 5.97 Å². The lowest BCUT2D eigenvalue weighted by atomic mass is 9.94. The molecule has 3 N–H and O–H groups in total. The molecule has 0 heterocycles. The number of carboxylic acids is 1. The number of nitrogens with zero attached hydrogens (tertiary/aromatic N) is 1. The number of nitrogens with two attached hydrogens (primary N) is 1. The molecule has 0 saturated carbocycles. The molecule has 5 heteroatoms. The van der Waals surface area contributed by atoms with Gasteiger partial charge in [-0.3, -0.25) is 9.69 Å². The van der Waals surface area contributed by atoms with E-state index in [2.05, 4.69) is 0 Å². The summed E-state index contributed by atoms with van der Waals surface area (Å²) in [5.41, 5.74) is 4.59. The van der Waals surface area contributed by atoms with Gasteiger partial charge in [-0.15, -0.1) is 12.4 Å². The van der Waals surface area contributed by atoms with Crippen molar-refractivity contribution in [2.45, 2.75) is 31.7 Å². The van der Waals surface area contributed by atoms with Crippen LogP contribution in [0.15, 0.2) is 0 Å². The third kappa shape index (κ3) is 4.26. The Morgan fingerprint density at radius 1 is 1.43 bits per heavy atom. The second-order valence-electron chi connectivity index (χ2n) is 3.72. The summed E-state index contributed by atoms with van der Waals surface area (Å²) in [6, 6.07) is 0. The number of carboxylic acid groups (broad SMARTS) is 1. The number of aliphatic carboxylic acids is 1. The van der Waals surface area contributed by atoms with Crippen LogP contribution in [0.2, 0.25) is 0 Å². The lowest BCUT2D eigenvalue weighted by molar-refractivity contribution is -0.149. The summed E-state index contributed by atoms with van der Waals surface area (Å²) in [5, 5.41) is 9.03. The highest BCUT2D eigenvalue weighted by atomic mass is 35.5. The topological polar surface area (TPSA) is 66.6 Å². The van der Waals surface area contributed by atoms with Crippen molar-refractivity contribution in [2.75, 3.05) is 20.6 Å². The van der Waals surface area contributed by atoms with E-state index in [9.17, 15) is 4.79 Å². The number of likely N-dealkylation sites (N-methyl/N-ethyl adjacent to an activating group) is 1. The first-order valence-corrected chi connectivity index (χ1v) is 4.56. The molecule has 0 fully saturated rings. The van der Waals surface area contributed by atoms with E-state index in [1.807, 2.05) is 0 Å². The molecular formula is C9H21ClN2O2. The zero-order valence-electron chi connectivity index (χ0n) is 9.12. The fraction of sp³-hybridized carbons (Fsp3) is 0.889. The highest BCUT2D eigenvalue weighted by molar-refractivity contribution is 5.85. The summed E-state index contributed by atoms with van der Waals surface area (Å²) in [6.45, 7) is 2.37. The van der Waals surface area contributed by atoms with Crippen molar-refractivity contribution >= 4 is 18.4 Å². The minimum Gasteiger partial charge on any atom is -0.480 e. The van der Waals surface area contributed by atoms with Crippen molar-refractivity contribution in [3.8, 4) is 0 Å². The zero-order valence-corrected chi connectivity index (χ0v) is 9.93. The number of carbonyl (C=O) groups is 1. The Kier molecular flexibility index (Phi) is 8.10. The van der Waals surface area contributed by atoms with Gasteiger partial charge in [0, 0.05) is 0 Å². The van der Waals surface area contributed by atoms with Gasteiger partial charge in [-0.05, 0) is 46.8 Å². The maximum atomic E-state index is 11.0. The predicted molar refractivity (Wildman–Crippen MR) is 59.9 cm³/mol. The molecule has 0 unspecified atom stereocenters. The Morgan fingerprint density at radius 2 is 1.93 bits per heavy atom. The normalized spacial score (nSPS) is 14.6. The summed E-state index contributed by atoms with van der Waals surface area (Å²) >= 11 is 0. The first kappa shape index (κ1) is 16.1. The minimum atomic E-state index is -0.769. The van der Waals surface area contributed by atoms with Crippen LogP contribution in [0.1, 0.15) is 26.2 Å². The molecule has 0 aromatic rings. The quantitative estimate of drug-likeness (QED) is 0.660. The third-order valence-electron chi connectivity index (χ3n) is 2.57. The molecule has 14 heavy (non-hydrogen) atoms. The summed E-state index contributed by atoms with van der Waals surface area (Å²) in [5.74, 6) is -0.769. The highest BCUT2D eigenvalue weighted by Gasteiger charge is 2.34. The fourth-order valence-corrected chi connectivity index (χ4v) is 1.14. The average molecular weight is 225 g/mol. The molecule has 0 rings (SSSR count). The van der Waals surface area contributed by atoms with Crippen molar-refractivity contribution in [1.29, 1.82) is 0 Å². The Labute approximate surface area is 91.9 Å². The van der Waals surface area contributed by atoms with Gasteiger partial charge in [0.1, 0.15) is 5.54 Å². The van der Waals surface area contributed by atoms with E-state index < -0.39 is 11.5 Å². The summed E-state index contributed by atoms with van der Waals surface area (Å²) in [4.78, 5) is 12.7. The van der Waals surface area contributed by atoms with E-state index >= 15 is 0 Å². The van der Waals surface area contributed by atoms with Gasteiger partial charge in [0.15, 0.2) is 0 Å². The van der Waals surface area contributed by atoms with E-state index in [1.165, 1.54) is 0 Å². The van der Waals surface area contributed by atoms with E-state index in [0.29, 0.717) is 13.0 Å². The molecule has 0 amide bonds. The molecule has 0 bridgehead atoms. The third-order valence-corrected chi connectivity index (χ3v) is 2.57. The molecule has 0 spiro atoms. The van der Waals surface area contributed by atoms with Crippen molar-refractivity contribution in [2.24, 2.45) is 5.73 Å². The lowest BCUT2D eigenvalue weighted by Gasteiger charge is -2.32. The van der Waals surface area contributed by atoms with Crippen LogP contribution in [0.3, 0.4) is 0 Å². The number of halogens is 1. The largest absolute Gasteiger partial charge is 0.480 e. The number of hydrogen-bond donors (Lipinski definition) is 2. The van der Waals surface area contributed by atoms with E-state index in [0.717, 1.165) is 12.8 Å². The van der Waals surface area contributed by atoms with Gasteiger partial charge < -0.3 is 10.8 Å². The molecule has 4 nitrogen and oxygen atoms in total. The Morgan fingerprint density at radius 3 is 2.21 bits per heavy atom. The van der Waals surface area contributed by atoms with Crippen LogP contribution in [0, 0.1) is 0 Å². The number of hydrogen-bond acceptors (Lipinski definition) is 3. The SMILES string of the molecule is CN(C)[C@@](C)(CCCCN)C(=O)O.Cl. The second kappa shape index (κ2) is 7.04. The van der Waals surface area contributed by atoms with Gasteiger partial charge in [0.2, 0.25) is 0 Å². The van der Waals surface area contributed by atoms with Crippen molar-refractivity contribution < 1.29 is 9.90 Å². The minimum absolute atomic E-state index is 0. The smallest absolute Gasteiger partial charge is 0.323 e. The van der Waals surface area contributed by atoms with Gasteiger partial charge in [-0.2, -0.15) is 0 Å². The summed E-state index contributed by atoms with van der Waals surface area (Å²) in [7, 11) is 3.58. The maximum Gasteiger partial charge on any atom is 0.323 e. The van der Waals surface area contributed by atoms with Gasteiger partial charge in [-0.1, -0.05) is 0 Å². The van der Waals surface area contributed by atoms with Crippen LogP contribution in [0.4, 0.5) is 0 Å². The molecule has 1 atom stereocenters. The monoisotopic (exact) mass is 224 g/mol. The van der Waals surface area contributed by atoms with Crippen LogP contribution in [0.25, 0.3) is 0 Å². The van der Waals surface area contributed by atoms with Crippen LogP contribution in [-0.4, -0.2) is 42.2 Å². The molecule has 0 aliphatic rings. The Bertz CT molecular complexity index is 176. The Balaban J connectivity index is 0. The molecule has 0 aliphatic carbocycles. The predicted octanol–water partition coefficient (Wildman–Crippen LogP) is 0.942. The van der Waals surface area contributed by atoms with Crippen molar-refractivity contribution in [1.82, 2.24) is 4.90 Å². The lowest BCUT2D eigenvalue weighted by Crippen LogP contribution is -2.48. The molecule has 0 radical (unpaired) electrons. The number of unbranched alkanes of at least 4 members (excludes halogenated alkanes) is 1. The fourth-order valence-electron chi connectivity index (χ4n) is 1.14. The molecular weight excluding hydrogens is 204 g/mol. The second-order valence-corrected chi connectivity index (χ2v) is 3.72. The molecule has 86 valence electrons. The zero-order chi connectivity index (χ0) is 10.5. The van der Waals surface area contributed by atoms with Gasteiger partial charge in [-0.25, -0.2) is 0 Å². The highest BCUT2D eigenvalue weighted by Crippen LogP contribution is 2.19. The summed E-state index contributed by atoms with van der Waals surface area (Å²) < 4.78 is 0. The van der Waals surface area contributed by atoms with E-state index in [1.54, 1.807) is 25.9 Å². The Hall–Kier alpha value is -0.320. The molecule has 0 aliphatic heterocycles. The van der Waals surface area contributed by atoms with Crippen LogP contribution >= 0.6 is 12.4 Å². The first-order chi connectivity index (χ1) is 5.95. The van der Waals surface area contributed by atoms with Crippen LogP contribution in [-0.2, 0) is 4.79 Å². The van der Waals surface area contributed by atoms with Crippen LogP contribution in [0.5, 0.6) is 0 Å². The first-order valence-electron chi connectivity index (χ1n) is 4.56. The van der Waals surface area contributed by atoms with Gasteiger partial charge in [0.25, 0.3) is 0 Å². The summed E-state index contributed by atoms with van der Waals surface area (Å²) in [6.07, 6.45) is 2.39. The average Bonchev–Trinajstić information content (AvgIpc) is 2.03. The molecule has 0 aromatic carbocycles. The number of rotatable bonds is 6. The maximum absolute atomic E-state index is 11.0. The standard InChI is InChI=1S/C9H20N2O2.ClH/c1-9(8(12)13,11(2)3)6-4-5-7-10;/h4-7,10H2,1-3H3,(H,12,13);1H/t9-;/m0./s1.